The Morgan fingerprint density at radius 1 is 0.776 bits per heavy atom. The average Bonchev–Trinajstić information content (AvgIpc) is 3.24. The van der Waals surface area contributed by atoms with E-state index in [1.807, 2.05) is 66.7 Å². The highest BCUT2D eigenvalue weighted by Crippen LogP contribution is 2.31. The number of rotatable bonds is 17. The largest absolute Gasteiger partial charge is 0.497 e. The number of methoxy groups -OCH3 is 1. The highest BCUT2D eigenvalue weighted by atomic mass is 16.7. The van der Waals surface area contributed by atoms with Crippen molar-refractivity contribution in [2.75, 3.05) is 25.6 Å². The fraction of sp³-hybridized carbons (Fsp3) is 0.429. The number of benzene rings is 4. The first-order valence-electron chi connectivity index (χ1n) is 18.9. The van der Waals surface area contributed by atoms with E-state index in [1.54, 1.807) is 38.3 Å². The highest BCUT2D eigenvalue weighted by Gasteiger charge is 2.51. The fourth-order valence-electron chi connectivity index (χ4n) is 6.81. The maximum absolute atomic E-state index is 12.7. The molecule has 16 nitrogen and oxygen atoms in total. The lowest BCUT2D eigenvalue weighted by atomic mass is 9.97. The number of ether oxygens (including phenoxy) is 6. The minimum absolute atomic E-state index is 0.140. The molecule has 8 N–H and O–H groups in total. The van der Waals surface area contributed by atoms with Gasteiger partial charge in [-0.2, -0.15) is 0 Å². The number of aliphatic hydroxyl groups excluding tert-OH is 6. The molecule has 2 fully saturated rings. The van der Waals surface area contributed by atoms with Gasteiger partial charge in [-0.1, -0.05) is 48.5 Å². The summed E-state index contributed by atoms with van der Waals surface area (Å²) in [6, 6.07) is 25.6. The predicted molar refractivity (Wildman–Crippen MR) is 208 cm³/mol. The van der Waals surface area contributed by atoms with Gasteiger partial charge in [-0.25, -0.2) is 0 Å². The molecule has 0 spiro atoms. The summed E-state index contributed by atoms with van der Waals surface area (Å²) < 4.78 is 34.3. The van der Waals surface area contributed by atoms with Gasteiger partial charge in [0, 0.05) is 5.69 Å². The average molecular weight is 807 g/mol. The van der Waals surface area contributed by atoms with Crippen molar-refractivity contribution in [1.82, 2.24) is 5.32 Å². The van der Waals surface area contributed by atoms with Crippen molar-refractivity contribution in [3.8, 4) is 11.5 Å². The number of amides is 1. The van der Waals surface area contributed by atoms with Crippen LogP contribution in [0, 0.1) is 0 Å². The van der Waals surface area contributed by atoms with Crippen molar-refractivity contribution >= 4 is 28.7 Å². The number of nitrogens with one attached hydrogen (secondary N) is 2. The quantitative estimate of drug-likeness (QED) is 0.0690. The molecule has 2 saturated heterocycles. The first kappa shape index (κ1) is 42.9. The van der Waals surface area contributed by atoms with Gasteiger partial charge < -0.3 is 74.5 Å². The van der Waals surface area contributed by atoms with Crippen molar-refractivity contribution in [3.05, 3.63) is 102 Å². The molecule has 6 rings (SSSR count). The number of aldehydes is 1. The number of aliphatic hydroxyl groups is 6. The molecule has 4 aromatic rings. The van der Waals surface area contributed by atoms with E-state index in [0.717, 1.165) is 27.8 Å². The minimum Gasteiger partial charge on any atom is -0.497 e. The van der Waals surface area contributed by atoms with E-state index in [9.17, 15) is 40.2 Å². The van der Waals surface area contributed by atoms with Gasteiger partial charge in [-0.3, -0.25) is 4.79 Å². The minimum atomic E-state index is -1.78. The summed E-state index contributed by atoms with van der Waals surface area (Å²) in [5.74, 6) is 0.597. The van der Waals surface area contributed by atoms with Crippen LogP contribution in [0.1, 0.15) is 18.1 Å². The summed E-state index contributed by atoms with van der Waals surface area (Å²) in [5.41, 5.74) is 2.29. The summed E-state index contributed by atoms with van der Waals surface area (Å²) in [6.07, 6.45) is -14.7. The molecule has 0 bridgehead atoms. The highest BCUT2D eigenvalue weighted by molar-refractivity contribution is 5.86. The molecule has 0 aliphatic carbocycles. The Morgan fingerprint density at radius 2 is 1.43 bits per heavy atom. The fourth-order valence-corrected chi connectivity index (χ4v) is 6.81. The molecule has 4 aromatic carbocycles. The van der Waals surface area contributed by atoms with Gasteiger partial charge in [-0.15, -0.1) is 0 Å². The van der Waals surface area contributed by atoms with Gasteiger partial charge in [0.2, 0.25) is 12.2 Å². The van der Waals surface area contributed by atoms with Gasteiger partial charge in [-0.05, 0) is 77.7 Å². The van der Waals surface area contributed by atoms with Crippen molar-refractivity contribution in [2.24, 2.45) is 0 Å². The predicted octanol–water partition coefficient (Wildman–Crippen LogP) is 0.803. The molecule has 1 amide bonds. The summed E-state index contributed by atoms with van der Waals surface area (Å²) in [6.45, 7) is 0.921. The van der Waals surface area contributed by atoms with Crippen LogP contribution in [0.15, 0.2) is 91.0 Å². The summed E-state index contributed by atoms with van der Waals surface area (Å²) in [5, 5.41) is 72.1. The third kappa shape index (κ3) is 10.5. The molecule has 12 atom stereocenters. The SMILES string of the molecule is COc1ccc2cc(COC[C@H]3O[C@H](O[C@H]4[C@H](O)[C@H](O)[C@@H](Oc5ccc(C[C@H](C=O)NC(=O)C(C)Nc6ccccc6)cc5)O[C@@H]4CO)[C@@H](O)[C@@H](O)[C@@H]3O)ccc2c1. The maximum Gasteiger partial charge on any atom is 0.242 e. The standard InChI is InChI=1S/C42H50N2O14/c1-23(43-28-6-4-3-5-7-28)40(52)44-29(19-45)17-24-9-13-30(14-10-24)55-41-38(51)36(49)39(32(20-46)56-41)58-42-37(50)35(48)34(47)33(57-42)22-54-21-25-8-11-27-18-31(53-2)15-12-26(27)16-25/h3-16,18-19,23,29,32-39,41-43,46-51H,17,20-22H2,1-2H3,(H,44,52)/t23?,29-,32-,33-,34-,35+,36-,37+,38+,39-,41+,42-/m1/s1. The second-order valence-electron chi connectivity index (χ2n) is 14.3. The van der Waals surface area contributed by atoms with Crippen molar-refractivity contribution in [3.63, 3.8) is 0 Å². The van der Waals surface area contributed by atoms with Crippen LogP contribution < -0.4 is 20.1 Å². The Hall–Kier alpha value is -4.72. The van der Waals surface area contributed by atoms with Crippen LogP contribution in [-0.2, 0) is 41.6 Å². The first-order valence-corrected chi connectivity index (χ1v) is 18.9. The number of anilines is 1. The molecular formula is C42H50N2O14. The van der Waals surface area contributed by atoms with Crippen LogP contribution >= 0.6 is 0 Å². The van der Waals surface area contributed by atoms with Crippen molar-refractivity contribution < 1.29 is 68.6 Å². The Morgan fingerprint density at radius 3 is 2.14 bits per heavy atom. The van der Waals surface area contributed by atoms with E-state index < -0.39 is 80.1 Å². The van der Waals surface area contributed by atoms with Crippen molar-refractivity contribution in [2.45, 2.75) is 93.4 Å². The molecule has 0 radical (unpaired) electrons. The Bertz CT molecular complexity index is 1930. The van der Waals surface area contributed by atoms with Crippen LogP contribution in [0.2, 0.25) is 0 Å². The lowest BCUT2D eigenvalue weighted by molar-refractivity contribution is -0.353. The lowest BCUT2D eigenvalue weighted by Crippen LogP contribution is -2.65. The molecule has 1 unspecified atom stereocenters. The van der Waals surface area contributed by atoms with Gasteiger partial charge in [0.15, 0.2) is 6.29 Å². The zero-order valence-corrected chi connectivity index (χ0v) is 31.9. The number of fused-ring (bicyclic) bond motifs is 1. The summed E-state index contributed by atoms with van der Waals surface area (Å²) in [7, 11) is 1.60. The number of hydrogen-bond donors (Lipinski definition) is 8. The van der Waals surface area contributed by atoms with E-state index in [2.05, 4.69) is 10.6 Å². The van der Waals surface area contributed by atoms with E-state index in [4.69, 9.17) is 28.4 Å². The second-order valence-corrected chi connectivity index (χ2v) is 14.3. The van der Waals surface area contributed by atoms with Crippen LogP contribution in [0.5, 0.6) is 11.5 Å². The molecule has 58 heavy (non-hydrogen) atoms. The molecular weight excluding hydrogens is 756 g/mol. The van der Waals surface area contributed by atoms with Crippen LogP contribution in [0.4, 0.5) is 5.69 Å². The Kier molecular flexibility index (Phi) is 14.7. The van der Waals surface area contributed by atoms with Crippen LogP contribution in [0.3, 0.4) is 0 Å². The van der Waals surface area contributed by atoms with E-state index >= 15 is 0 Å². The van der Waals surface area contributed by atoms with Crippen LogP contribution in [0.25, 0.3) is 10.8 Å². The topological polar surface area (TPSA) is 235 Å². The molecule has 2 heterocycles. The molecule has 2 aliphatic heterocycles. The molecule has 312 valence electrons. The number of carbonyl (C=O) groups is 2. The van der Waals surface area contributed by atoms with Crippen LogP contribution in [-0.4, -0.2) is 137 Å². The van der Waals surface area contributed by atoms with Gasteiger partial charge in [0.05, 0.1) is 33.0 Å². The Labute approximate surface area is 334 Å². The number of carbonyl (C=O) groups excluding carboxylic acids is 2. The van der Waals surface area contributed by atoms with Gasteiger partial charge in [0.1, 0.15) is 72.7 Å². The first-order chi connectivity index (χ1) is 28.0. The smallest absolute Gasteiger partial charge is 0.242 e. The number of para-hydroxylation sites is 1. The zero-order valence-electron chi connectivity index (χ0n) is 31.9. The monoisotopic (exact) mass is 806 g/mol. The van der Waals surface area contributed by atoms with Gasteiger partial charge in [0.25, 0.3) is 0 Å². The van der Waals surface area contributed by atoms with Crippen molar-refractivity contribution in [1.29, 1.82) is 0 Å². The normalized spacial score (nSPS) is 28.3. The Balaban J connectivity index is 1.01. The maximum atomic E-state index is 12.7. The number of hydrogen-bond acceptors (Lipinski definition) is 15. The van der Waals surface area contributed by atoms with E-state index in [0.29, 0.717) is 11.8 Å². The molecule has 0 saturated carbocycles. The molecule has 16 heteroatoms. The second kappa shape index (κ2) is 19.8. The van der Waals surface area contributed by atoms with Gasteiger partial charge >= 0.3 is 0 Å². The van der Waals surface area contributed by atoms with E-state index in [-0.39, 0.29) is 31.3 Å². The zero-order chi connectivity index (χ0) is 41.3. The third-order valence-electron chi connectivity index (χ3n) is 10.1. The molecule has 0 aromatic heterocycles. The van der Waals surface area contributed by atoms with E-state index in [1.165, 1.54) is 0 Å². The summed E-state index contributed by atoms with van der Waals surface area (Å²) in [4.78, 5) is 24.6. The third-order valence-corrected chi connectivity index (χ3v) is 10.1. The molecule has 2 aliphatic rings. The lowest BCUT2D eigenvalue weighted by Gasteiger charge is -2.46. The summed E-state index contributed by atoms with van der Waals surface area (Å²) >= 11 is 0.